The van der Waals surface area contributed by atoms with Crippen molar-refractivity contribution in [2.45, 2.75) is 18.4 Å². The van der Waals surface area contributed by atoms with Crippen molar-refractivity contribution in [3.8, 4) is 34.5 Å². The van der Waals surface area contributed by atoms with Crippen molar-refractivity contribution in [1.82, 2.24) is 15.1 Å². The van der Waals surface area contributed by atoms with Gasteiger partial charge >= 0.3 is 6.61 Å². The Kier molecular flexibility index (Phi) is 8.52. The first-order valence-corrected chi connectivity index (χ1v) is 10.9. The van der Waals surface area contributed by atoms with Crippen LogP contribution in [0.1, 0.15) is 5.56 Å². The Morgan fingerprint density at radius 3 is 2.26 bits per heavy atom. The quantitative estimate of drug-likeness (QED) is 0.364. The Morgan fingerprint density at radius 1 is 1.06 bits per heavy atom. The van der Waals surface area contributed by atoms with E-state index < -0.39 is 6.61 Å². The SMILES string of the molecule is COc1cc(-c2nnc(SCC(=O)N(C)Cc3ccc(OC(F)F)cc3)o2)cc(OC)c1OC. The van der Waals surface area contributed by atoms with Gasteiger partial charge in [-0.1, -0.05) is 23.9 Å². The van der Waals surface area contributed by atoms with Crippen LogP contribution in [0.2, 0.25) is 0 Å². The predicted octanol–water partition coefficient (Wildman–Crippen LogP) is 4.11. The van der Waals surface area contributed by atoms with Crippen molar-refractivity contribution in [2.75, 3.05) is 34.1 Å². The summed E-state index contributed by atoms with van der Waals surface area (Å²) in [6.07, 6.45) is 0. The first-order chi connectivity index (χ1) is 16.3. The van der Waals surface area contributed by atoms with Gasteiger partial charge in [-0.25, -0.2) is 0 Å². The number of thioether (sulfide) groups is 1. The summed E-state index contributed by atoms with van der Waals surface area (Å²) in [5.74, 6) is 1.50. The smallest absolute Gasteiger partial charge is 0.387 e. The number of halogens is 2. The lowest BCUT2D eigenvalue weighted by molar-refractivity contribution is -0.127. The van der Waals surface area contributed by atoms with E-state index in [1.165, 1.54) is 38.4 Å². The lowest BCUT2D eigenvalue weighted by atomic mass is 10.2. The number of methoxy groups -OCH3 is 3. The van der Waals surface area contributed by atoms with Crippen molar-refractivity contribution < 1.29 is 36.9 Å². The highest BCUT2D eigenvalue weighted by Gasteiger charge is 2.19. The van der Waals surface area contributed by atoms with E-state index in [0.29, 0.717) is 29.4 Å². The van der Waals surface area contributed by atoms with E-state index >= 15 is 0 Å². The molecule has 0 N–H and O–H groups in total. The highest BCUT2D eigenvalue weighted by atomic mass is 32.2. The molecule has 0 spiro atoms. The maximum absolute atomic E-state index is 12.5. The molecule has 2 aromatic carbocycles. The molecule has 0 aliphatic rings. The van der Waals surface area contributed by atoms with Crippen LogP contribution >= 0.6 is 11.8 Å². The monoisotopic (exact) mass is 495 g/mol. The third kappa shape index (κ3) is 6.28. The van der Waals surface area contributed by atoms with Gasteiger partial charge in [-0.15, -0.1) is 10.2 Å². The van der Waals surface area contributed by atoms with E-state index in [0.717, 1.165) is 17.3 Å². The Balaban J connectivity index is 1.59. The number of nitrogens with zero attached hydrogens (tertiary/aromatic N) is 3. The number of carbonyl (C=O) groups is 1. The Labute approximate surface area is 198 Å². The summed E-state index contributed by atoms with van der Waals surface area (Å²) >= 11 is 1.10. The van der Waals surface area contributed by atoms with Crippen LogP contribution in [0, 0.1) is 0 Å². The van der Waals surface area contributed by atoms with Crippen molar-refractivity contribution in [3.63, 3.8) is 0 Å². The summed E-state index contributed by atoms with van der Waals surface area (Å²) in [6, 6.07) is 9.46. The van der Waals surface area contributed by atoms with E-state index in [2.05, 4.69) is 14.9 Å². The molecule has 0 aliphatic carbocycles. The van der Waals surface area contributed by atoms with E-state index in [4.69, 9.17) is 18.6 Å². The number of hydrogen-bond donors (Lipinski definition) is 0. The molecule has 0 unspecified atom stereocenters. The van der Waals surface area contributed by atoms with Gasteiger partial charge in [-0.3, -0.25) is 4.79 Å². The largest absolute Gasteiger partial charge is 0.493 e. The second-order valence-corrected chi connectivity index (χ2v) is 7.77. The standard InChI is InChI=1S/C22H23F2N3O6S/c1-27(11-13-5-7-15(8-6-13)32-21(23)24)18(28)12-34-22-26-25-20(33-22)14-9-16(29-2)19(31-4)17(10-14)30-3/h5-10,21H,11-12H2,1-4H3. The molecule has 12 heteroatoms. The minimum absolute atomic E-state index is 0.0579. The lowest BCUT2D eigenvalue weighted by Gasteiger charge is -2.17. The highest BCUT2D eigenvalue weighted by molar-refractivity contribution is 7.99. The third-order valence-electron chi connectivity index (χ3n) is 4.63. The zero-order valence-corrected chi connectivity index (χ0v) is 19.7. The molecule has 3 aromatic rings. The molecule has 0 aliphatic heterocycles. The molecule has 0 saturated carbocycles. The van der Waals surface area contributed by atoms with Gasteiger partial charge in [0.2, 0.25) is 17.5 Å². The van der Waals surface area contributed by atoms with E-state index in [1.54, 1.807) is 31.3 Å². The molecule has 3 rings (SSSR count). The van der Waals surface area contributed by atoms with Crippen LogP contribution in [0.25, 0.3) is 11.5 Å². The van der Waals surface area contributed by atoms with E-state index in [1.807, 2.05) is 0 Å². The molecule has 1 aromatic heterocycles. The summed E-state index contributed by atoms with van der Waals surface area (Å²) in [5.41, 5.74) is 1.33. The molecule has 0 radical (unpaired) electrons. The third-order valence-corrected chi connectivity index (χ3v) is 5.43. The van der Waals surface area contributed by atoms with Crippen LogP contribution in [0.4, 0.5) is 8.78 Å². The van der Waals surface area contributed by atoms with Crippen LogP contribution in [0.3, 0.4) is 0 Å². The summed E-state index contributed by atoms with van der Waals surface area (Å²) in [4.78, 5) is 14.0. The second-order valence-electron chi connectivity index (χ2n) is 6.85. The average molecular weight is 496 g/mol. The molecule has 182 valence electrons. The normalized spacial score (nSPS) is 10.8. The van der Waals surface area contributed by atoms with Gasteiger partial charge in [0.25, 0.3) is 5.22 Å². The Hall–Kier alpha value is -3.54. The number of hydrogen-bond acceptors (Lipinski definition) is 9. The molecular weight excluding hydrogens is 472 g/mol. The topological polar surface area (TPSA) is 96.2 Å². The first kappa shape index (κ1) is 25.1. The van der Waals surface area contributed by atoms with Gasteiger partial charge in [0, 0.05) is 19.2 Å². The average Bonchev–Trinajstić information content (AvgIpc) is 3.31. The van der Waals surface area contributed by atoms with Gasteiger partial charge in [0.05, 0.1) is 27.1 Å². The number of ether oxygens (including phenoxy) is 4. The van der Waals surface area contributed by atoms with Gasteiger partial charge in [0.1, 0.15) is 5.75 Å². The second kappa shape index (κ2) is 11.5. The Morgan fingerprint density at radius 2 is 1.71 bits per heavy atom. The molecule has 0 saturated heterocycles. The predicted molar refractivity (Wildman–Crippen MR) is 120 cm³/mol. The summed E-state index contributed by atoms with van der Waals surface area (Å²) < 4.78 is 50.5. The van der Waals surface area contributed by atoms with Crippen molar-refractivity contribution in [3.05, 3.63) is 42.0 Å². The number of aromatic nitrogens is 2. The summed E-state index contributed by atoms with van der Waals surface area (Å²) in [7, 11) is 6.15. The Bertz CT molecular complexity index is 1090. The maximum Gasteiger partial charge on any atom is 0.387 e. The number of benzene rings is 2. The molecule has 0 bridgehead atoms. The lowest BCUT2D eigenvalue weighted by Crippen LogP contribution is -2.27. The molecule has 34 heavy (non-hydrogen) atoms. The molecule has 1 heterocycles. The van der Waals surface area contributed by atoms with Gasteiger partial charge in [-0.2, -0.15) is 8.78 Å². The summed E-state index contributed by atoms with van der Waals surface area (Å²) in [6.45, 7) is -2.58. The molecular formula is C22H23F2N3O6S. The maximum atomic E-state index is 12.5. The molecule has 9 nitrogen and oxygen atoms in total. The molecule has 0 fully saturated rings. The van der Waals surface area contributed by atoms with Crippen LogP contribution < -0.4 is 18.9 Å². The van der Waals surface area contributed by atoms with Crippen LogP contribution in [-0.4, -0.2) is 61.7 Å². The minimum Gasteiger partial charge on any atom is -0.493 e. The molecule has 1 amide bonds. The van der Waals surface area contributed by atoms with Crippen molar-refractivity contribution >= 4 is 17.7 Å². The van der Waals surface area contributed by atoms with Crippen LogP contribution in [-0.2, 0) is 11.3 Å². The van der Waals surface area contributed by atoms with Gasteiger partial charge in [0.15, 0.2) is 11.5 Å². The van der Waals surface area contributed by atoms with E-state index in [9.17, 15) is 13.6 Å². The molecule has 0 atom stereocenters. The van der Waals surface area contributed by atoms with Crippen LogP contribution in [0.5, 0.6) is 23.0 Å². The summed E-state index contributed by atoms with van der Waals surface area (Å²) in [5, 5.41) is 8.24. The minimum atomic E-state index is -2.88. The number of amides is 1. The fourth-order valence-corrected chi connectivity index (χ4v) is 3.67. The highest BCUT2D eigenvalue weighted by Crippen LogP contribution is 2.41. The number of alkyl halides is 2. The van der Waals surface area contributed by atoms with Crippen molar-refractivity contribution in [1.29, 1.82) is 0 Å². The van der Waals surface area contributed by atoms with Crippen LogP contribution in [0.15, 0.2) is 46.0 Å². The zero-order valence-electron chi connectivity index (χ0n) is 18.9. The number of carbonyl (C=O) groups excluding carboxylic acids is 1. The van der Waals surface area contributed by atoms with Gasteiger partial charge < -0.3 is 28.3 Å². The fraction of sp³-hybridized carbons (Fsp3) is 0.318. The van der Waals surface area contributed by atoms with Crippen molar-refractivity contribution in [2.24, 2.45) is 0 Å². The fourth-order valence-electron chi connectivity index (χ4n) is 2.96. The van der Waals surface area contributed by atoms with Gasteiger partial charge in [-0.05, 0) is 29.8 Å². The van der Waals surface area contributed by atoms with E-state index in [-0.39, 0.29) is 28.5 Å². The number of rotatable bonds is 11. The first-order valence-electron chi connectivity index (χ1n) is 9.89. The zero-order chi connectivity index (χ0) is 24.7.